The van der Waals surface area contributed by atoms with Crippen LogP contribution in [0.3, 0.4) is 0 Å². The second-order valence-electron chi connectivity index (χ2n) is 3.28. The highest BCUT2D eigenvalue weighted by atomic mass is 32.1. The van der Waals surface area contributed by atoms with Crippen molar-refractivity contribution < 1.29 is 4.79 Å². The van der Waals surface area contributed by atoms with E-state index < -0.39 is 0 Å². The molecule has 0 unspecified atom stereocenters. The van der Waals surface area contributed by atoms with Crippen molar-refractivity contribution in [1.82, 2.24) is 5.32 Å². The molecule has 13 heavy (non-hydrogen) atoms. The second kappa shape index (κ2) is 9.90. The molecule has 3 heteroatoms. The summed E-state index contributed by atoms with van der Waals surface area (Å²) in [4.78, 5) is 10.8. The Morgan fingerprint density at radius 1 is 1.15 bits per heavy atom. The summed E-state index contributed by atoms with van der Waals surface area (Å²) in [5, 5.41) is 2.81. The summed E-state index contributed by atoms with van der Waals surface area (Å²) in [5.41, 5.74) is 0. The van der Waals surface area contributed by atoms with E-state index in [0.717, 1.165) is 13.0 Å². The first-order valence-electron chi connectivity index (χ1n) is 5.18. The van der Waals surface area contributed by atoms with Crippen molar-refractivity contribution in [3.63, 3.8) is 0 Å². The lowest BCUT2D eigenvalue weighted by atomic mass is 10.1. The molecule has 0 radical (unpaired) electrons. The predicted molar refractivity (Wildman–Crippen MR) is 60.2 cm³/mol. The minimum absolute atomic E-state index is 0.0388. The smallest absolute Gasteiger partial charge is 0.229 e. The number of thiol groups is 1. The summed E-state index contributed by atoms with van der Waals surface area (Å²) in [5.74, 6) is 0.340. The molecule has 0 heterocycles. The van der Waals surface area contributed by atoms with Gasteiger partial charge in [0.1, 0.15) is 0 Å². The summed E-state index contributed by atoms with van der Waals surface area (Å²) in [6.45, 7) is 3.03. The summed E-state index contributed by atoms with van der Waals surface area (Å²) in [7, 11) is 0. The van der Waals surface area contributed by atoms with E-state index in [4.69, 9.17) is 0 Å². The molecule has 0 spiro atoms. The third-order valence-corrected chi connectivity index (χ3v) is 2.28. The molecule has 0 saturated carbocycles. The maximum absolute atomic E-state index is 10.8. The largest absolute Gasteiger partial charge is 0.355 e. The Morgan fingerprint density at radius 3 is 2.38 bits per heavy atom. The van der Waals surface area contributed by atoms with Gasteiger partial charge in [0.25, 0.3) is 0 Å². The van der Waals surface area contributed by atoms with Gasteiger partial charge in [-0.1, -0.05) is 39.0 Å². The van der Waals surface area contributed by atoms with Crippen LogP contribution in [-0.2, 0) is 4.79 Å². The van der Waals surface area contributed by atoms with Crippen LogP contribution in [0.2, 0.25) is 0 Å². The second-order valence-corrected chi connectivity index (χ2v) is 3.59. The molecule has 0 aliphatic heterocycles. The van der Waals surface area contributed by atoms with Crippen LogP contribution in [0.4, 0.5) is 0 Å². The Bertz CT molecular complexity index is 128. The third kappa shape index (κ3) is 9.74. The molecular weight excluding hydrogens is 182 g/mol. The molecule has 2 nitrogen and oxygen atoms in total. The Labute approximate surface area is 86.9 Å². The van der Waals surface area contributed by atoms with Gasteiger partial charge in [0.2, 0.25) is 5.91 Å². The van der Waals surface area contributed by atoms with Crippen LogP contribution in [0.1, 0.15) is 45.4 Å². The number of hydrogen-bond donors (Lipinski definition) is 2. The molecule has 0 saturated heterocycles. The van der Waals surface area contributed by atoms with Crippen molar-refractivity contribution in [2.45, 2.75) is 45.4 Å². The first-order valence-corrected chi connectivity index (χ1v) is 5.82. The fraction of sp³-hybridized carbons (Fsp3) is 0.900. The van der Waals surface area contributed by atoms with E-state index in [2.05, 4.69) is 24.9 Å². The van der Waals surface area contributed by atoms with Crippen molar-refractivity contribution in [3.8, 4) is 0 Å². The fourth-order valence-corrected chi connectivity index (χ4v) is 1.30. The summed E-state index contributed by atoms with van der Waals surface area (Å²) in [6.07, 6.45) is 7.58. The SMILES string of the molecule is CCCCCCCCNC(=O)CS. The Morgan fingerprint density at radius 2 is 1.77 bits per heavy atom. The molecule has 0 bridgehead atoms. The minimum atomic E-state index is 0.0388. The fourth-order valence-electron chi connectivity index (χ4n) is 1.19. The van der Waals surface area contributed by atoms with Gasteiger partial charge in [-0.15, -0.1) is 0 Å². The van der Waals surface area contributed by atoms with E-state index in [9.17, 15) is 4.79 Å². The van der Waals surface area contributed by atoms with Crippen molar-refractivity contribution >= 4 is 18.5 Å². The molecule has 1 amide bonds. The van der Waals surface area contributed by atoms with Crippen LogP contribution in [0, 0.1) is 0 Å². The normalized spacial score (nSPS) is 10.0. The van der Waals surface area contributed by atoms with Gasteiger partial charge in [-0.3, -0.25) is 4.79 Å². The lowest BCUT2D eigenvalue weighted by Gasteiger charge is -2.02. The van der Waals surface area contributed by atoms with E-state index in [0.29, 0.717) is 5.75 Å². The van der Waals surface area contributed by atoms with Gasteiger partial charge in [-0.25, -0.2) is 0 Å². The number of unbranched alkanes of at least 4 members (excludes halogenated alkanes) is 5. The van der Waals surface area contributed by atoms with E-state index in [-0.39, 0.29) is 5.91 Å². The first-order chi connectivity index (χ1) is 6.31. The molecule has 0 aliphatic rings. The van der Waals surface area contributed by atoms with Gasteiger partial charge in [0.15, 0.2) is 0 Å². The van der Waals surface area contributed by atoms with Gasteiger partial charge in [0.05, 0.1) is 5.75 Å². The molecule has 78 valence electrons. The van der Waals surface area contributed by atoms with Crippen LogP contribution in [0.5, 0.6) is 0 Å². The summed E-state index contributed by atoms with van der Waals surface area (Å²) in [6, 6.07) is 0. The van der Waals surface area contributed by atoms with Crippen LogP contribution in [0.15, 0.2) is 0 Å². The number of hydrogen-bond acceptors (Lipinski definition) is 2. The summed E-state index contributed by atoms with van der Waals surface area (Å²) < 4.78 is 0. The van der Waals surface area contributed by atoms with E-state index in [1.54, 1.807) is 0 Å². The number of amides is 1. The van der Waals surface area contributed by atoms with Gasteiger partial charge in [-0.2, -0.15) is 12.6 Å². The molecule has 0 aromatic rings. The Balaban J connectivity index is 2.95. The third-order valence-electron chi connectivity index (χ3n) is 2.00. The zero-order valence-electron chi connectivity index (χ0n) is 8.51. The zero-order chi connectivity index (χ0) is 9.94. The monoisotopic (exact) mass is 203 g/mol. The maximum atomic E-state index is 10.8. The van der Waals surface area contributed by atoms with Crippen molar-refractivity contribution in [2.24, 2.45) is 0 Å². The molecule has 1 N–H and O–H groups in total. The predicted octanol–water partition coefficient (Wildman–Crippen LogP) is 2.39. The number of carbonyl (C=O) groups is 1. The minimum Gasteiger partial charge on any atom is -0.355 e. The number of nitrogens with one attached hydrogen (secondary N) is 1. The highest BCUT2D eigenvalue weighted by Crippen LogP contribution is 2.03. The molecule has 0 aliphatic carbocycles. The molecular formula is C10H21NOS. The lowest BCUT2D eigenvalue weighted by molar-refractivity contribution is -0.118. The van der Waals surface area contributed by atoms with Gasteiger partial charge < -0.3 is 5.32 Å². The van der Waals surface area contributed by atoms with Crippen LogP contribution >= 0.6 is 12.6 Å². The van der Waals surface area contributed by atoms with Crippen LogP contribution in [0.25, 0.3) is 0 Å². The summed E-state index contributed by atoms with van der Waals surface area (Å²) >= 11 is 3.87. The average Bonchev–Trinajstić information content (AvgIpc) is 2.16. The Hall–Kier alpha value is -0.180. The Kier molecular flexibility index (Phi) is 9.77. The van der Waals surface area contributed by atoms with Gasteiger partial charge >= 0.3 is 0 Å². The standard InChI is InChI=1S/C10H21NOS/c1-2-3-4-5-6-7-8-11-10(12)9-13/h13H,2-9H2,1H3,(H,11,12). The number of rotatable bonds is 8. The van der Waals surface area contributed by atoms with Gasteiger partial charge in [-0.05, 0) is 6.42 Å². The van der Waals surface area contributed by atoms with E-state index in [1.807, 2.05) is 0 Å². The topological polar surface area (TPSA) is 29.1 Å². The highest BCUT2D eigenvalue weighted by molar-refractivity contribution is 7.81. The lowest BCUT2D eigenvalue weighted by Crippen LogP contribution is -2.25. The zero-order valence-corrected chi connectivity index (χ0v) is 9.41. The first kappa shape index (κ1) is 12.8. The average molecular weight is 203 g/mol. The molecule has 0 rings (SSSR count). The van der Waals surface area contributed by atoms with Gasteiger partial charge in [0, 0.05) is 6.54 Å². The molecule has 0 aromatic heterocycles. The molecule has 0 fully saturated rings. The number of carbonyl (C=O) groups excluding carboxylic acids is 1. The molecule has 0 atom stereocenters. The van der Waals surface area contributed by atoms with E-state index in [1.165, 1.54) is 32.1 Å². The maximum Gasteiger partial charge on any atom is 0.229 e. The van der Waals surface area contributed by atoms with Crippen molar-refractivity contribution in [2.75, 3.05) is 12.3 Å². The van der Waals surface area contributed by atoms with E-state index >= 15 is 0 Å². The van der Waals surface area contributed by atoms with Crippen molar-refractivity contribution in [3.05, 3.63) is 0 Å². The van der Waals surface area contributed by atoms with Crippen LogP contribution in [-0.4, -0.2) is 18.2 Å². The van der Waals surface area contributed by atoms with Crippen LogP contribution < -0.4 is 5.32 Å². The quantitative estimate of drug-likeness (QED) is 0.460. The highest BCUT2D eigenvalue weighted by Gasteiger charge is 1.95. The molecule has 0 aromatic carbocycles. The van der Waals surface area contributed by atoms with Crippen molar-refractivity contribution in [1.29, 1.82) is 0 Å².